The Hall–Kier alpha value is -1.75. The topological polar surface area (TPSA) is 42.0 Å². The van der Waals surface area contributed by atoms with Gasteiger partial charge in [0.05, 0.1) is 7.11 Å². The molecule has 1 amide bonds. The lowest BCUT2D eigenvalue weighted by Gasteiger charge is -2.33. The molecule has 0 spiro atoms. The van der Waals surface area contributed by atoms with Crippen molar-refractivity contribution < 1.29 is 14.3 Å². The molecule has 5 heteroatoms. The third-order valence-electron chi connectivity index (χ3n) is 3.76. The Morgan fingerprint density at radius 3 is 2.09 bits per heavy atom. The van der Waals surface area contributed by atoms with Crippen molar-refractivity contribution in [2.24, 2.45) is 0 Å². The smallest absolute Gasteiger partial charge is 0.260 e. The van der Waals surface area contributed by atoms with Gasteiger partial charge in [0.1, 0.15) is 11.5 Å². The highest BCUT2D eigenvalue weighted by Crippen LogP contribution is 2.17. The maximum Gasteiger partial charge on any atom is 0.260 e. The van der Waals surface area contributed by atoms with E-state index in [0.717, 1.165) is 12.3 Å². The zero-order chi connectivity index (χ0) is 16.8. The van der Waals surface area contributed by atoms with Gasteiger partial charge >= 0.3 is 0 Å². The van der Waals surface area contributed by atoms with Crippen LogP contribution >= 0.6 is 0 Å². The van der Waals surface area contributed by atoms with Crippen LogP contribution in [0.3, 0.4) is 0 Å². The van der Waals surface area contributed by atoms with Gasteiger partial charge in [-0.15, -0.1) is 0 Å². The minimum Gasteiger partial charge on any atom is -0.497 e. The van der Waals surface area contributed by atoms with Gasteiger partial charge in [0.2, 0.25) is 0 Å². The van der Waals surface area contributed by atoms with Crippen molar-refractivity contribution >= 4 is 5.91 Å². The Balaban J connectivity index is 2.37. The highest BCUT2D eigenvalue weighted by atomic mass is 16.5. The molecular formula is C17H28N2O3. The van der Waals surface area contributed by atoms with Crippen LogP contribution in [-0.2, 0) is 4.79 Å². The number of hydrogen-bond acceptors (Lipinski definition) is 4. The summed E-state index contributed by atoms with van der Waals surface area (Å²) in [6.45, 7) is 8.01. The number of rotatable bonds is 7. The van der Waals surface area contributed by atoms with Crippen LogP contribution < -0.4 is 9.47 Å². The van der Waals surface area contributed by atoms with E-state index in [-0.39, 0.29) is 18.1 Å². The lowest BCUT2D eigenvalue weighted by atomic mass is 10.1. The number of ether oxygens (including phenoxy) is 2. The number of nitrogens with zero attached hydrogens (tertiary/aromatic N) is 2. The molecule has 1 aromatic carbocycles. The van der Waals surface area contributed by atoms with E-state index in [9.17, 15) is 4.79 Å². The minimum absolute atomic E-state index is 0.0295. The van der Waals surface area contributed by atoms with Crippen molar-refractivity contribution in [3.8, 4) is 11.5 Å². The van der Waals surface area contributed by atoms with E-state index in [0.29, 0.717) is 12.3 Å². The fourth-order valence-corrected chi connectivity index (χ4v) is 1.69. The molecule has 0 atom stereocenters. The van der Waals surface area contributed by atoms with E-state index in [2.05, 4.69) is 32.7 Å². The summed E-state index contributed by atoms with van der Waals surface area (Å²) in [6, 6.07) is 7.20. The molecule has 0 bridgehead atoms. The highest BCUT2D eigenvalue weighted by molar-refractivity contribution is 5.77. The molecule has 0 radical (unpaired) electrons. The van der Waals surface area contributed by atoms with E-state index in [4.69, 9.17) is 9.47 Å². The molecule has 0 saturated heterocycles. The number of benzene rings is 1. The molecule has 0 N–H and O–H groups in total. The van der Waals surface area contributed by atoms with Gasteiger partial charge in [0.15, 0.2) is 6.61 Å². The summed E-state index contributed by atoms with van der Waals surface area (Å²) in [7, 11) is 5.48. The standard InChI is InChI=1S/C17H28N2O3/c1-17(2,3)19(5)12-11-18(4)16(20)13-22-15-9-7-14(21-6)8-10-15/h7-10H,11-13H2,1-6H3. The van der Waals surface area contributed by atoms with Gasteiger partial charge in [-0.3, -0.25) is 9.69 Å². The number of carbonyl (C=O) groups is 1. The largest absolute Gasteiger partial charge is 0.497 e. The van der Waals surface area contributed by atoms with Gasteiger partial charge in [-0.2, -0.15) is 0 Å². The van der Waals surface area contributed by atoms with Gasteiger partial charge in [-0.25, -0.2) is 0 Å². The summed E-state index contributed by atoms with van der Waals surface area (Å²) in [6.07, 6.45) is 0. The molecule has 0 aliphatic carbocycles. The van der Waals surface area contributed by atoms with Gasteiger partial charge in [0, 0.05) is 25.7 Å². The predicted octanol–water partition coefficient (Wildman–Crippen LogP) is 2.26. The summed E-state index contributed by atoms with van der Waals surface area (Å²) < 4.78 is 10.6. The van der Waals surface area contributed by atoms with E-state index in [1.807, 2.05) is 12.1 Å². The van der Waals surface area contributed by atoms with Crippen LogP contribution in [0.5, 0.6) is 11.5 Å². The molecule has 124 valence electrons. The number of hydrogen-bond donors (Lipinski definition) is 0. The molecule has 0 unspecified atom stereocenters. The third-order valence-corrected chi connectivity index (χ3v) is 3.76. The molecule has 0 fully saturated rings. The van der Waals surface area contributed by atoms with Crippen molar-refractivity contribution in [3.63, 3.8) is 0 Å². The SMILES string of the molecule is COc1ccc(OCC(=O)N(C)CCN(C)C(C)(C)C)cc1. The Kier molecular flexibility index (Phi) is 6.68. The molecule has 0 aromatic heterocycles. The lowest BCUT2D eigenvalue weighted by Crippen LogP contribution is -2.44. The summed E-state index contributed by atoms with van der Waals surface area (Å²) >= 11 is 0. The molecule has 1 rings (SSSR count). The normalized spacial score (nSPS) is 11.4. The summed E-state index contributed by atoms with van der Waals surface area (Å²) in [5.41, 5.74) is 0.101. The summed E-state index contributed by atoms with van der Waals surface area (Å²) in [4.78, 5) is 16.0. The second-order valence-corrected chi connectivity index (χ2v) is 6.37. The number of likely N-dealkylation sites (N-methyl/N-ethyl adjacent to an activating group) is 2. The van der Waals surface area contributed by atoms with E-state index >= 15 is 0 Å². The molecule has 0 heterocycles. The Morgan fingerprint density at radius 2 is 1.59 bits per heavy atom. The quantitative estimate of drug-likeness (QED) is 0.775. The van der Waals surface area contributed by atoms with E-state index < -0.39 is 0 Å². The Bertz CT molecular complexity index is 466. The maximum atomic E-state index is 12.1. The first kappa shape index (κ1) is 18.3. The first-order chi connectivity index (χ1) is 10.2. The van der Waals surface area contributed by atoms with Crippen molar-refractivity contribution in [3.05, 3.63) is 24.3 Å². The lowest BCUT2D eigenvalue weighted by molar-refractivity contribution is -0.132. The molecule has 22 heavy (non-hydrogen) atoms. The Labute approximate surface area is 133 Å². The zero-order valence-electron chi connectivity index (χ0n) is 14.5. The zero-order valence-corrected chi connectivity index (χ0v) is 14.5. The van der Waals surface area contributed by atoms with Crippen LogP contribution in [-0.4, -0.2) is 62.1 Å². The second-order valence-electron chi connectivity index (χ2n) is 6.37. The van der Waals surface area contributed by atoms with Crippen LogP contribution in [0.4, 0.5) is 0 Å². The second kappa shape index (κ2) is 8.03. The number of amides is 1. The molecule has 0 aliphatic rings. The first-order valence-corrected chi connectivity index (χ1v) is 7.46. The summed E-state index contributed by atoms with van der Waals surface area (Å²) in [5.74, 6) is 1.40. The van der Waals surface area contributed by atoms with Crippen LogP contribution in [0, 0.1) is 0 Å². The van der Waals surface area contributed by atoms with Crippen LogP contribution in [0.2, 0.25) is 0 Å². The van der Waals surface area contributed by atoms with Gasteiger partial charge in [0.25, 0.3) is 5.91 Å². The average Bonchev–Trinajstić information content (AvgIpc) is 2.49. The van der Waals surface area contributed by atoms with Crippen LogP contribution in [0.1, 0.15) is 20.8 Å². The van der Waals surface area contributed by atoms with E-state index in [1.54, 1.807) is 31.2 Å². The van der Waals surface area contributed by atoms with Crippen LogP contribution in [0.15, 0.2) is 24.3 Å². The van der Waals surface area contributed by atoms with Crippen molar-refractivity contribution in [2.45, 2.75) is 26.3 Å². The average molecular weight is 308 g/mol. The van der Waals surface area contributed by atoms with E-state index in [1.165, 1.54) is 0 Å². The van der Waals surface area contributed by atoms with Crippen molar-refractivity contribution in [2.75, 3.05) is 40.9 Å². The number of carbonyl (C=O) groups excluding carboxylic acids is 1. The van der Waals surface area contributed by atoms with Gasteiger partial charge < -0.3 is 14.4 Å². The fourth-order valence-electron chi connectivity index (χ4n) is 1.69. The highest BCUT2D eigenvalue weighted by Gasteiger charge is 2.18. The fraction of sp³-hybridized carbons (Fsp3) is 0.588. The summed E-state index contributed by atoms with van der Waals surface area (Å²) in [5, 5.41) is 0. The van der Waals surface area contributed by atoms with Gasteiger partial charge in [-0.05, 0) is 52.1 Å². The molecule has 5 nitrogen and oxygen atoms in total. The minimum atomic E-state index is -0.0295. The van der Waals surface area contributed by atoms with Crippen LogP contribution in [0.25, 0.3) is 0 Å². The molecule has 0 saturated carbocycles. The molecule has 1 aromatic rings. The van der Waals surface area contributed by atoms with Crippen molar-refractivity contribution in [1.29, 1.82) is 0 Å². The predicted molar refractivity (Wildman–Crippen MR) is 88.5 cm³/mol. The Morgan fingerprint density at radius 1 is 1.05 bits per heavy atom. The maximum absolute atomic E-state index is 12.1. The molecule has 0 aliphatic heterocycles. The third kappa shape index (κ3) is 5.93. The number of methoxy groups -OCH3 is 1. The van der Waals surface area contributed by atoms with Gasteiger partial charge in [-0.1, -0.05) is 0 Å². The van der Waals surface area contributed by atoms with Crippen molar-refractivity contribution in [1.82, 2.24) is 9.80 Å². The molecular weight excluding hydrogens is 280 g/mol. The first-order valence-electron chi connectivity index (χ1n) is 7.46. The monoisotopic (exact) mass is 308 g/mol.